The van der Waals surface area contributed by atoms with Crippen LogP contribution in [0.4, 0.5) is 0 Å². The first-order chi connectivity index (χ1) is 10.7. The van der Waals surface area contributed by atoms with E-state index in [9.17, 15) is 0 Å². The summed E-state index contributed by atoms with van der Waals surface area (Å²) in [5.74, 6) is 0. The average Bonchev–Trinajstić information content (AvgIpc) is 2.44. The first-order valence-electron chi connectivity index (χ1n) is 7.93. The fourth-order valence-corrected chi connectivity index (χ4v) is 3.91. The molecule has 0 heterocycles. The lowest BCUT2D eigenvalue weighted by Crippen LogP contribution is -2.57. The van der Waals surface area contributed by atoms with Gasteiger partial charge in [0, 0.05) is 6.04 Å². The van der Waals surface area contributed by atoms with Gasteiger partial charge in [0.1, 0.15) is 0 Å². The van der Waals surface area contributed by atoms with Gasteiger partial charge in [-0.2, -0.15) is 0 Å². The molecular formula is C19H25BrN2S. The van der Waals surface area contributed by atoms with Crippen molar-refractivity contribution in [1.82, 2.24) is 10.6 Å². The van der Waals surface area contributed by atoms with E-state index in [4.69, 9.17) is 12.2 Å². The number of allylic oxidation sites excluding steroid dienone is 2. The maximum atomic E-state index is 5.51. The summed E-state index contributed by atoms with van der Waals surface area (Å²) in [5.41, 5.74) is 4.71. The Bertz CT molecular complexity index is 646. The van der Waals surface area contributed by atoms with Crippen molar-refractivity contribution in [3.05, 3.63) is 53.1 Å². The first-order valence-corrected chi connectivity index (χ1v) is 9.26. The zero-order valence-electron chi connectivity index (χ0n) is 14.4. The van der Waals surface area contributed by atoms with Gasteiger partial charge in [-0.05, 0) is 63.5 Å². The lowest BCUT2D eigenvalue weighted by molar-refractivity contribution is 0.543. The van der Waals surface area contributed by atoms with Gasteiger partial charge in [-0.15, -0.1) is 0 Å². The highest BCUT2D eigenvalue weighted by molar-refractivity contribution is 9.09. The van der Waals surface area contributed by atoms with Crippen molar-refractivity contribution in [3.8, 4) is 0 Å². The Kier molecular flexibility index (Phi) is 5.69. The summed E-state index contributed by atoms with van der Waals surface area (Å²) in [6.07, 6.45) is 4.36. The minimum absolute atomic E-state index is 0.155. The maximum Gasteiger partial charge on any atom is 0.167 e. The molecule has 1 aliphatic rings. The highest BCUT2D eigenvalue weighted by atomic mass is 79.9. The fraction of sp³-hybridized carbons (Fsp3) is 0.421. The molecular weight excluding hydrogens is 368 g/mol. The van der Waals surface area contributed by atoms with Crippen LogP contribution < -0.4 is 10.6 Å². The average molecular weight is 393 g/mol. The van der Waals surface area contributed by atoms with Gasteiger partial charge in [0.2, 0.25) is 0 Å². The lowest BCUT2D eigenvalue weighted by Gasteiger charge is -2.41. The lowest BCUT2D eigenvalue weighted by atomic mass is 9.77. The molecule has 124 valence electrons. The zero-order chi connectivity index (χ0) is 17.2. The molecule has 0 aromatic heterocycles. The van der Waals surface area contributed by atoms with Gasteiger partial charge < -0.3 is 10.6 Å². The van der Waals surface area contributed by atoms with E-state index in [1.54, 1.807) is 0 Å². The molecule has 1 aromatic rings. The van der Waals surface area contributed by atoms with E-state index in [-0.39, 0.29) is 10.4 Å². The predicted octanol–water partition coefficient (Wildman–Crippen LogP) is 4.73. The number of aryl methyl sites for hydroxylation is 1. The van der Waals surface area contributed by atoms with Gasteiger partial charge in [0.05, 0.1) is 10.4 Å². The SMILES string of the molecule is CC1=C(c2ccc(C)cc2)C(C)(NC(=S)NC(C)C)C(Br)C=C1. The molecule has 2 N–H and O–H groups in total. The summed E-state index contributed by atoms with van der Waals surface area (Å²) in [7, 11) is 0. The molecule has 23 heavy (non-hydrogen) atoms. The predicted molar refractivity (Wildman–Crippen MR) is 108 cm³/mol. The number of rotatable bonds is 3. The fourth-order valence-electron chi connectivity index (χ4n) is 2.97. The molecule has 0 bridgehead atoms. The molecule has 0 amide bonds. The van der Waals surface area contributed by atoms with E-state index < -0.39 is 0 Å². The molecule has 2 nitrogen and oxygen atoms in total. The van der Waals surface area contributed by atoms with E-state index in [0.29, 0.717) is 11.2 Å². The summed E-state index contributed by atoms with van der Waals surface area (Å²) in [6.45, 7) is 10.6. The number of halogens is 1. The van der Waals surface area contributed by atoms with Gasteiger partial charge >= 0.3 is 0 Å². The molecule has 0 saturated heterocycles. The molecule has 1 aromatic carbocycles. The third kappa shape index (κ3) is 4.04. The minimum Gasteiger partial charge on any atom is -0.361 e. The van der Waals surface area contributed by atoms with Gasteiger partial charge in [-0.3, -0.25) is 0 Å². The normalized spacial score (nSPS) is 24.0. The molecule has 0 spiro atoms. The highest BCUT2D eigenvalue weighted by Crippen LogP contribution is 2.40. The van der Waals surface area contributed by atoms with E-state index in [1.807, 2.05) is 0 Å². The van der Waals surface area contributed by atoms with Crippen LogP contribution in [0.5, 0.6) is 0 Å². The molecule has 1 aliphatic carbocycles. The summed E-state index contributed by atoms with van der Waals surface area (Å²) < 4.78 is 0. The Morgan fingerprint density at radius 3 is 2.39 bits per heavy atom. The number of hydrogen-bond donors (Lipinski definition) is 2. The van der Waals surface area contributed by atoms with Crippen LogP contribution in [0.1, 0.15) is 38.8 Å². The Balaban J connectivity index is 2.43. The van der Waals surface area contributed by atoms with Crippen LogP contribution in [-0.2, 0) is 0 Å². The summed E-state index contributed by atoms with van der Waals surface area (Å²) >= 11 is 9.32. The highest BCUT2D eigenvalue weighted by Gasteiger charge is 2.39. The van der Waals surface area contributed by atoms with Gasteiger partial charge in [0.15, 0.2) is 5.11 Å². The molecule has 0 aliphatic heterocycles. The third-order valence-corrected chi connectivity index (χ3v) is 5.55. The van der Waals surface area contributed by atoms with Crippen LogP contribution in [-0.4, -0.2) is 21.5 Å². The van der Waals surface area contributed by atoms with E-state index in [1.165, 1.54) is 22.3 Å². The second kappa shape index (κ2) is 7.18. The quantitative estimate of drug-likeness (QED) is 0.573. The molecule has 2 atom stereocenters. The molecule has 0 radical (unpaired) electrons. The number of hydrogen-bond acceptors (Lipinski definition) is 1. The zero-order valence-corrected chi connectivity index (χ0v) is 16.8. The second-order valence-electron chi connectivity index (χ2n) is 6.64. The van der Waals surface area contributed by atoms with Gasteiger partial charge in [0.25, 0.3) is 0 Å². The topological polar surface area (TPSA) is 24.1 Å². The molecule has 0 saturated carbocycles. The summed E-state index contributed by atoms with van der Waals surface area (Å²) in [6, 6.07) is 8.99. The standard InChI is InChI=1S/C19H25BrN2S/c1-12(2)21-18(23)22-19(5)16(20)11-8-14(4)17(19)15-9-6-13(3)7-10-15/h6-12,16H,1-5H3,(H2,21,22,23). The van der Waals surface area contributed by atoms with Crippen LogP contribution in [0.2, 0.25) is 0 Å². The van der Waals surface area contributed by atoms with Crippen LogP contribution in [0.3, 0.4) is 0 Å². The van der Waals surface area contributed by atoms with Crippen LogP contribution in [0, 0.1) is 6.92 Å². The second-order valence-corrected chi connectivity index (χ2v) is 8.04. The Hall–Kier alpha value is -1.13. The maximum absolute atomic E-state index is 5.51. The van der Waals surface area contributed by atoms with E-state index in [0.717, 1.165) is 0 Å². The van der Waals surface area contributed by atoms with Crippen molar-refractivity contribution < 1.29 is 0 Å². The van der Waals surface area contributed by atoms with Crippen molar-refractivity contribution in [2.24, 2.45) is 0 Å². The molecule has 4 heteroatoms. The number of thiocarbonyl (C=S) groups is 1. The van der Waals surface area contributed by atoms with E-state index in [2.05, 4.69) is 97.6 Å². The third-order valence-electron chi connectivity index (χ3n) is 4.11. The largest absolute Gasteiger partial charge is 0.361 e. The summed E-state index contributed by atoms with van der Waals surface area (Å²) in [4.78, 5) is 0.155. The first kappa shape index (κ1) is 18.2. The van der Waals surface area contributed by atoms with Gasteiger partial charge in [-0.25, -0.2) is 0 Å². The Morgan fingerprint density at radius 1 is 1.22 bits per heavy atom. The minimum atomic E-state index is -0.312. The van der Waals surface area contributed by atoms with Crippen molar-refractivity contribution in [2.45, 2.75) is 51.0 Å². The van der Waals surface area contributed by atoms with Crippen molar-refractivity contribution in [3.63, 3.8) is 0 Å². The number of alkyl halides is 1. The number of benzene rings is 1. The molecule has 0 fully saturated rings. The Labute approximate surface area is 153 Å². The van der Waals surface area contributed by atoms with Gasteiger partial charge in [-0.1, -0.05) is 57.9 Å². The Morgan fingerprint density at radius 2 is 1.83 bits per heavy atom. The van der Waals surface area contributed by atoms with Crippen LogP contribution in [0.15, 0.2) is 42.0 Å². The van der Waals surface area contributed by atoms with Crippen molar-refractivity contribution >= 4 is 38.8 Å². The van der Waals surface area contributed by atoms with Crippen molar-refractivity contribution in [1.29, 1.82) is 0 Å². The monoisotopic (exact) mass is 392 g/mol. The van der Waals surface area contributed by atoms with Crippen molar-refractivity contribution in [2.75, 3.05) is 0 Å². The molecule has 2 unspecified atom stereocenters. The summed E-state index contributed by atoms with van der Waals surface area (Å²) in [5, 5.41) is 7.50. The van der Waals surface area contributed by atoms with Crippen LogP contribution >= 0.6 is 28.1 Å². The smallest absolute Gasteiger partial charge is 0.167 e. The number of nitrogens with one attached hydrogen (secondary N) is 2. The van der Waals surface area contributed by atoms with E-state index >= 15 is 0 Å². The van der Waals surface area contributed by atoms with Crippen LogP contribution in [0.25, 0.3) is 5.57 Å². The molecule has 2 rings (SSSR count).